The molecule has 27 heavy (non-hydrogen) atoms. The van der Waals surface area contributed by atoms with Crippen molar-refractivity contribution in [1.29, 1.82) is 0 Å². The second-order valence-electron chi connectivity index (χ2n) is 8.78. The SMILES string of the molecule is CC(=O)c1ccc(N2CCC[C@@H](N(CC3CC3)C(=O)OC(C)(C)C)C2)cn1. The predicted molar refractivity (Wildman–Crippen MR) is 105 cm³/mol. The molecule has 3 rings (SSSR count). The lowest BCUT2D eigenvalue weighted by Gasteiger charge is -2.40. The van der Waals surface area contributed by atoms with Crippen LogP contribution in [0.4, 0.5) is 10.5 Å². The van der Waals surface area contributed by atoms with Crippen molar-refractivity contribution in [2.45, 2.75) is 65.0 Å². The molecule has 1 saturated carbocycles. The van der Waals surface area contributed by atoms with Gasteiger partial charge in [0.2, 0.25) is 0 Å². The van der Waals surface area contributed by atoms with Gasteiger partial charge in [-0.2, -0.15) is 0 Å². The van der Waals surface area contributed by atoms with Crippen molar-refractivity contribution < 1.29 is 14.3 Å². The highest BCUT2D eigenvalue weighted by atomic mass is 16.6. The van der Waals surface area contributed by atoms with Gasteiger partial charge >= 0.3 is 6.09 Å². The molecule has 1 aliphatic carbocycles. The maximum absolute atomic E-state index is 12.8. The van der Waals surface area contributed by atoms with Crippen LogP contribution < -0.4 is 4.90 Å². The molecule has 1 atom stereocenters. The fourth-order valence-electron chi connectivity index (χ4n) is 3.50. The number of pyridine rings is 1. The van der Waals surface area contributed by atoms with Crippen LogP contribution in [0.1, 0.15) is 63.9 Å². The predicted octanol–water partition coefficient (Wildman–Crippen LogP) is 3.90. The van der Waals surface area contributed by atoms with Crippen LogP contribution >= 0.6 is 0 Å². The Morgan fingerprint density at radius 3 is 2.56 bits per heavy atom. The van der Waals surface area contributed by atoms with Crippen LogP contribution in [0.2, 0.25) is 0 Å². The molecule has 1 saturated heterocycles. The number of rotatable bonds is 5. The number of anilines is 1. The van der Waals surface area contributed by atoms with Gasteiger partial charge in [0.15, 0.2) is 5.78 Å². The highest BCUT2D eigenvalue weighted by Gasteiger charge is 2.35. The van der Waals surface area contributed by atoms with Crippen LogP contribution in [-0.4, -0.2) is 53.0 Å². The van der Waals surface area contributed by atoms with Gasteiger partial charge in [-0.05, 0) is 64.5 Å². The van der Waals surface area contributed by atoms with E-state index in [0.29, 0.717) is 11.6 Å². The molecule has 1 aromatic heterocycles. The van der Waals surface area contributed by atoms with E-state index in [1.165, 1.54) is 19.8 Å². The lowest BCUT2D eigenvalue weighted by atomic mass is 10.0. The van der Waals surface area contributed by atoms with E-state index in [1.54, 1.807) is 12.3 Å². The van der Waals surface area contributed by atoms with Crippen molar-refractivity contribution in [2.75, 3.05) is 24.5 Å². The minimum atomic E-state index is -0.486. The minimum Gasteiger partial charge on any atom is -0.444 e. The largest absolute Gasteiger partial charge is 0.444 e. The maximum atomic E-state index is 12.8. The molecular weight excluding hydrogens is 342 g/mol. The number of aromatic nitrogens is 1. The Balaban J connectivity index is 1.71. The van der Waals surface area contributed by atoms with Crippen molar-refractivity contribution in [3.63, 3.8) is 0 Å². The van der Waals surface area contributed by atoms with Crippen LogP contribution in [0.5, 0.6) is 0 Å². The van der Waals surface area contributed by atoms with E-state index < -0.39 is 5.60 Å². The van der Waals surface area contributed by atoms with Crippen molar-refractivity contribution >= 4 is 17.6 Å². The second kappa shape index (κ2) is 7.87. The molecule has 0 N–H and O–H groups in total. The quantitative estimate of drug-likeness (QED) is 0.733. The van der Waals surface area contributed by atoms with Crippen LogP contribution in [0.15, 0.2) is 18.3 Å². The zero-order valence-corrected chi connectivity index (χ0v) is 16.9. The fourth-order valence-corrected chi connectivity index (χ4v) is 3.50. The summed E-state index contributed by atoms with van der Waals surface area (Å²) in [6.07, 6.45) is 5.96. The first-order chi connectivity index (χ1) is 12.7. The highest BCUT2D eigenvalue weighted by Crippen LogP contribution is 2.32. The van der Waals surface area contributed by atoms with Gasteiger partial charge in [0, 0.05) is 26.6 Å². The number of amides is 1. The number of piperidine rings is 1. The van der Waals surface area contributed by atoms with E-state index in [1.807, 2.05) is 31.7 Å². The maximum Gasteiger partial charge on any atom is 0.410 e. The van der Waals surface area contributed by atoms with E-state index in [9.17, 15) is 9.59 Å². The van der Waals surface area contributed by atoms with E-state index >= 15 is 0 Å². The summed E-state index contributed by atoms with van der Waals surface area (Å²) in [4.78, 5) is 32.7. The molecular formula is C21H31N3O3. The third kappa shape index (κ3) is 5.44. The summed E-state index contributed by atoms with van der Waals surface area (Å²) in [6.45, 7) is 9.75. The molecule has 0 bridgehead atoms. The Labute approximate surface area is 161 Å². The topological polar surface area (TPSA) is 62.7 Å². The first-order valence-corrected chi connectivity index (χ1v) is 9.94. The Hall–Kier alpha value is -2.11. The van der Waals surface area contributed by atoms with Crippen LogP contribution in [0.3, 0.4) is 0 Å². The van der Waals surface area contributed by atoms with Crippen molar-refractivity contribution in [3.05, 3.63) is 24.0 Å². The van der Waals surface area contributed by atoms with Gasteiger partial charge < -0.3 is 14.5 Å². The number of Topliss-reactive ketones (excluding diaryl/α,β-unsaturated/α-hetero) is 1. The molecule has 0 unspecified atom stereocenters. The molecule has 6 heteroatoms. The van der Waals surface area contributed by atoms with Crippen LogP contribution in [-0.2, 0) is 4.74 Å². The summed E-state index contributed by atoms with van der Waals surface area (Å²) in [5.74, 6) is 0.586. The summed E-state index contributed by atoms with van der Waals surface area (Å²) in [5, 5.41) is 0. The molecule has 2 heterocycles. The van der Waals surface area contributed by atoms with Gasteiger partial charge in [-0.15, -0.1) is 0 Å². The Kier molecular flexibility index (Phi) is 5.72. The summed E-state index contributed by atoms with van der Waals surface area (Å²) in [6, 6.07) is 3.86. The number of ketones is 1. The summed E-state index contributed by atoms with van der Waals surface area (Å²) < 4.78 is 5.68. The molecule has 0 aromatic carbocycles. The second-order valence-corrected chi connectivity index (χ2v) is 8.78. The normalized spacial score (nSPS) is 20.3. The molecule has 0 spiro atoms. The summed E-state index contributed by atoms with van der Waals surface area (Å²) in [7, 11) is 0. The number of carbonyl (C=O) groups is 2. The van der Waals surface area contributed by atoms with Gasteiger partial charge in [-0.1, -0.05) is 0 Å². The van der Waals surface area contributed by atoms with E-state index in [2.05, 4.69) is 9.88 Å². The van der Waals surface area contributed by atoms with Gasteiger partial charge in [0.25, 0.3) is 0 Å². The van der Waals surface area contributed by atoms with E-state index in [-0.39, 0.29) is 17.9 Å². The zero-order valence-electron chi connectivity index (χ0n) is 16.9. The van der Waals surface area contributed by atoms with Gasteiger partial charge in [-0.3, -0.25) is 9.78 Å². The zero-order chi connectivity index (χ0) is 19.6. The minimum absolute atomic E-state index is 0.0291. The first kappa shape index (κ1) is 19.6. The number of nitrogens with zero attached hydrogens (tertiary/aromatic N) is 3. The fraction of sp³-hybridized carbons (Fsp3) is 0.667. The van der Waals surface area contributed by atoms with Gasteiger partial charge in [-0.25, -0.2) is 4.79 Å². The molecule has 1 aromatic rings. The van der Waals surface area contributed by atoms with E-state index in [0.717, 1.165) is 38.2 Å². The van der Waals surface area contributed by atoms with Crippen molar-refractivity contribution in [2.24, 2.45) is 5.92 Å². The van der Waals surface area contributed by atoms with Gasteiger partial charge in [0.05, 0.1) is 17.9 Å². The average molecular weight is 373 g/mol. The summed E-state index contributed by atoms with van der Waals surface area (Å²) in [5.41, 5.74) is 0.997. The Morgan fingerprint density at radius 1 is 1.26 bits per heavy atom. The van der Waals surface area contributed by atoms with Crippen molar-refractivity contribution in [3.8, 4) is 0 Å². The molecule has 148 valence electrons. The van der Waals surface area contributed by atoms with Crippen LogP contribution in [0, 0.1) is 5.92 Å². The average Bonchev–Trinajstić information content (AvgIpc) is 3.42. The third-order valence-corrected chi connectivity index (χ3v) is 5.09. The highest BCUT2D eigenvalue weighted by molar-refractivity contribution is 5.92. The lowest BCUT2D eigenvalue weighted by Crippen LogP contribution is -2.52. The Bertz CT molecular complexity index is 677. The number of ether oxygens (including phenoxy) is 1. The number of carbonyl (C=O) groups excluding carboxylic acids is 2. The number of hydrogen-bond acceptors (Lipinski definition) is 5. The standard InChI is InChI=1S/C21H31N3O3/c1-15(25)19-10-9-17(12-22-19)23-11-5-6-18(14-23)24(13-16-7-8-16)20(26)27-21(2,3)4/h9-10,12,16,18H,5-8,11,13-14H2,1-4H3/t18-/m1/s1. The van der Waals surface area contributed by atoms with Crippen LogP contribution in [0.25, 0.3) is 0 Å². The first-order valence-electron chi connectivity index (χ1n) is 9.94. The third-order valence-electron chi connectivity index (χ3n) is 5.09. The smallest absolute Gasteiger partial charge is 0.410 e. The van der Waals surface area contributed by atoms with E-state index in [4.69, 9.17) is 4.74 Å². The molecule has 6 nitrogen and oxygen atoms in total. The van der Waals surface area contributed by atoms with Gasteiger partial charge in [0.1, 0.15) is 11.3 Å². The summed E-state index contributed by atoms with van der Waals surface area (Å²) >= 11 is 0. The lowest BCUT2D eigenvalue weighted by molar-refractivity contribution is 0.0134. The number of hydrogen-bond donors (Lipinski definition) is 0. The monoisotopic (exact) mass is 373 g/mol. The molecule has 2 fully saturated rings. The molecule has 1 amide bonds. The molecule has 2 aliphatic rings. The Morgan fingerprint density at radius 2 is 2.00 bits per heavy atom. The molecule has 0 radical (unpaired) electrons. The molecule has 1 aliphatic heterocycles. The van der Waals surface area contributed by atoms with Crippen molar-refractivity contribution in [1.82, 2.24) is 9.88 Å².